The molecule has 2 rings (SSSR count). The van der Waals surface area contributed by atoms with E-state index in [2.05, 4.69) is 9.46 Å². The highest BCUT2D eigenvalue weighted by molar-refractivity contribution is 7.89. The van der Waals surface area contributed by atoms with Crippen molar-refractivity contribution in [1.29, 1.82) is 0 Å². The van der Waals surface area contributed by atoms with Crippen LogP contribution in [0.1, 0.15) is 25.7 Å². The van der Waals surface area contributed by atoms with Crippen LogP contribution < -0.4 is 15.2 Å². The molecule has 1 aliphatic carbocycles. The molecule has 0 radical (unpaired) electrons. The summed E-state index contributed by atoms with van der Waals surface area (Å²) in [6.07, 6.45) is -2.00. The van der Waals surface area contributed by atoms with Gasteiger partial charge in [0.2, 0.25) is 10.0 Å². The number of hydrogen-bond acceptors (Lipinski definition) is 4. The largest absolute Gasteiger partial charge is 0.573 e. The summed E-state index contributed by atoms with van der Waals surface area (Å²) >= 11 is 0. The van der Waals surface area contributed by atoms with Gasteiger partial charge in [-0.05, 0) is 25.0 Å². The molecule has 0 amide bonds. The summed E-state index contributed by atoms with van der Waals surface area (Å²) in [6, 6.07) is 3.79. The average molecular weight is 338 g/mol. The van der Waals surface area contributed by atoms with E-state index in [0.29, 0.717) is 12.8 Å². The number of nitrogens with one attached hydrogen (secondary N) is 1. The number of halogens is 3. The van der Waals surface area contributed by atoms with E-state index in [4.69, 9.17) is 5.73 Å². The second kappa shape index (κ2) is 6.43. The van der Waals surface area contributed by atoms with Gasteiger partial charge < -0.3 is 10.5 Å². The Morgan fingerprint density at radius 2 is 1.82 bits per heavy atom. The Labute approximate surface area is 126 Å². The number of hydrogen-bond donors (Lipinski definition) is 2. The summed E-state index contributed by atoms with van der Waals surface area (Å²) < 4.78 is 68.0. The zero-order valence-electron chi connectivity index (χ0n) is 11.6. The Hall–Kier alpha value is -1.32. The first-order valence-electron chi connectivity index (χ1n) is 6.82. The minimum Gasteiger partial charge on any atom is -0.404 e. The van der Waals surface area contributed by atoms with Crippen LogP contribution in [0.4, 0.5) is 13.2 Å². The molecule has 0 aliphatic heterocycles. The van der Waals surface area contributed by atoms with Gasteiger partial charge in [-0.1, -0.05) is 25.0 Å². The highest BCUT2D eigenvalue weighted by atomic mass is 32.2. The molecule has 0 heterocycles. The predicted octanol–water partition coefficient (Wildman–Crippen LogP) is 2.13. The summed E-state index contributed by atoms with van der Waals surface area (Å²) in [5.41, 5.74) is 5.87. The lowest BCUT2D eigenvalue weighted by Crippen LogP contribution is -2.49. The van der Waals surface area contributed by atoms with Gasteiger partial charge in [-0.2, -0.15) is 0 Å². The van der Waals surface area contributed by atoms with Gasteiger partial charge in [-0.15, -0.1) is 13.2 Å². The third-order valence-corrected chi connectivity index (χ3v) is 5.02. The summed E-state index contributed by atoms with van der Waals surface area (Å²) in [5, 5.41) is 0. The van der Waals surface area contributed by atoms with Crippen molar-refractivity contribution in [2.45, 2.75) is 49.0 Å². The molecule has 1 saturated carbocycles. The SMILES string of the molecule is N[C@@H]1CCCC[C@H]1NS(=O)(=O)c1ccccc1OC(F)(F)F. The highest BCUT2D eigenvalue weighted by Crippen LogP contribution is 2.30. The lowest BCUT2D eigenvalue weighted by molar-refractivity contribution is -0.275. The Morgan fingerprint density at radius 3 is 2.45 bits per heavy atom. The van der Waals surface area contributed by atoms with Crippen molar-refractivity contribution in [3.05, 3.63) is 24.3 Å². The van der Waals surface area contributed by atoms with Gasteiger partial charge in [-0.25, -0.2) is 13.1 Å². The zero-order chi connectivity index (χ0) is 16.4. The molecule has 3 N–H and O–H groups in total. The summed E-state index contributed by atoms with van der Waals surface area (Å²) in [4.78, 5) is -0.551. The summed E-state index contributed by atoms with van der Waals surface area (Å²) in [6.45, 7) is 0. The van der Waals surface area contributed by atoms with E-state index in [9.17, 15) is 21.6 Å². The van der Waals surface area contributed by atoms with Gasteiger partial charge in [0.15, 0.2) is 0 Å². The van der Waals surface area contributed by atoms with Crippen molar-refractivity contribution in [3.8, 4) is 5.75 Å². The normalized spacial score (nSPS) is 23.3. The molecule has 0 spiro atoms. The van der Waals surface area contributed by atoms with E-state index < -0.39 is 33.1 Å². The quantitative estimate of drug-likeness (QED) is 0.881. The van der Waals surface area contributed by atoms with Crippen molar-refractivity contribution in [1.82, 2.24) is 4.72 Å². The predicted molar refractivity (Wildman–Crippen MR) is 73.7 cm³/mol. The molecule has 0 bridgehead atoms. The second-order valence-electron chi connectivity index (χ2n) is 5.17. The third-order valence-electron chi connectivity index (χ3n) is 3.49. The number of ether oxygens (including phenoxy) is 1. The van der Waals surface area contributed by atoms with E-state index in [1.54, 1.807) is 0 Å². The third kappa shape index (κ3) is 4.34. The van der Waals surface area contributed by atoms with Gasteiger partial charge in [0.25, 0.3) is 0 Å². The molecule has 9 heteroatoms. The van der Waals surface area contributed by atoms with Gasteiger partial charge >= 0.3 is 6.36 Å². The fourth-order valence-electron chi connectivity index (χ4n) is 2.45. The van der Waals surface area contributed by atoms with Crippen molar-refractivity contribution in [2.75, 3.05) is 0 Å². The first kappa shape index (κ1) is 17.0. The molecule has 1 aromatic rings. The maximum Gasteiger partial charge on any atom is 0.573 e. The highest BCUT2D eigenvalue weighted by Gasteiger charge is 2.35. The van der Waals surface area contributed by atoms with E-state index in [1.165, 1.54) is 12.1 Å². The van der Waals surface area contributed by atoms with Crippen LogP contribution in [0, 0.1) is 0 Å². The smallest absolute Gasteiger partial charge is 0.404 e. The minimum absolute atomic E-state index is 0.348. The van der Waals surface area contributed by atoms with E-state index in [0.717, 1.165) is 25.0 Å². The topological polar surface area (TPSA) is 81.4 Å². The summed E-state index contributed by atoms with van der Waals surface area (Å²) in [5.74, 6) is -0.758. The summed E-state index contributed by atoms with van der Waals surface area (Å²) in [7, 11) is -4.15. The Kier molecular flexibility index (Phi) is 4.98. The lowest BCUT2D eigenvalue weighted by Gasteiger charge is -2.29. The molecule has 0 unspecified atom stereocenters. The maximum atomic E-state index is 12.4. The van der Waals surface area contributed by atoms with E-state index in [-0.39, 0.29) is 6.04 Å². The average Bonchev–Trinajstić information content (AvgIpc) is 2.40. The van der Waals surface area contributed by atoms with Gasteiger partial charge in [0.1, 0.15) is 10.6 Å². The van der Waals surface area contributed by atoms with E-state index >= 15 is 0 Å². The molecular formula is C13H17F3N2O3S. The van der Waals surface area contributed by atoms with Crippen LogP contribution in [0.5, 0.6) is 5.75 Å². The van der Waals surface area contributed by atoms with Crippen molar-refractivity contribution < 1.29 is 26.3 Å². The Morgan fingerprint density at radius 1 is 1.18 bits per heavy atom. The standard InChI is InChI=1S/C13H17F3N2O3S/c14-13(15,16)21-11-7-3-4-8-12(11)22(19,20)18-10-6-2-1-5-9(10)17/h3-4,7-10,18H,1-2,5-6,17H2/t9-,10-/m1/s1. The van der Waals surface area contributed by atoms with Crippen LogP contribution in [0.2, 0.25) is 0 Å². The Bertz CT molecular complexity index is 619. The zero-order valence-corrected chi connectivity index (χ0v) is 12.5. The first-order valence-corrected chi connectivity index (χ1v) is 8.30. The number of alkyl halides is 3. The van der Waals surface area contributed by atoms with Gasteiger partial charge in [0, 0.05) is 12.1 Å². The first-order chi connectivity index (χ1) is 10.2. The molecule has 1 aromatic carbocycles. The van der Waals surface area contributed by atoms with Crippen LogP contribution >= 0.6 is 0 Å². The van der Waals surface area contributed by atoms with Crippen LogP contribution in [0.25, 0.3) is 0 Å². The van der Waals surface area contributed by atoms with Crippen LogP contribution in [-0.2, 0) is 10.0 Å². The van der Waals surface area contributed by atoms with Gasteiger partial charge in [0.05, 0.1) is 0 Å². The molecule has 0 saturated heterocycles. The number of benzene rings is 1. The number of sulfonamides is 1. The molecule has 0 aromatic heterocycles. The monoisotopic (exact) mass is 338 g/mol. The molecule has 5 nitrogen and oxygen atoms in total. The van der Waals surface area contributed by atoms with Crippen LogP contribution in [0.3, 0.4) is 0 Å². The molecule has 124 valence electrons. The number of rotatable bonds is 4. The van der Waals surface area contributed by atoms with Gasteiger partial charge in [-0.3, -0.25) is 0 Å². The molecule has 2 atom stereocenters. The molecule has 22 heavy (non-hydrogen) atoms. The fraction of sp³-hybridized carbons (Fsp3) is 0.538. The lowest BCUT2D eigenvalue weighted by atomic mass is 9.92. The molecular weight excluding hydrogens is 321 g/mol. The fourth-order valence-corrected chi connectivity index (χ4v) is 3.90. The van der Waals surface area contributed by atoms with Crippen LogP contribution in [-0.4, -0.2) is 26.9 Å². The molecule has 1 aliphatic rings. The number of para-hydroxylation sites is 1. The van der Waals surface area contributed by atoms with Crippen molar-refractivity contribution >= 4 is 10.0 Å². The van der Waals surface area contributed by atoms with Crippen molar-refractivity contribution in [2.24, 2.45) is 5.73 Å². The minimum atomic E-state index is -4.97. The second-order valence-corrected chi connectivity index (χ2v) is 6.85. The maximum absolute atomic E-state index is 12.4. The number of nitrogens with two attached hydrogens (primary N) is 1. The Balaban J connectivity index is 2.25. The molecule has 1 fully saturated rings. The van der Waals surface area contributed by atoms with E-state index in [1.807, 2.05) is 0 Å². The van der Waals surface area contributed by atoms with Crippen molar-refractivity contribution in [3.63, 3.8) is 0 Å². The van der Waals surface area contributed by atoms with Crippen LogP contribution in [0.15, 0.2) is 29.2 Å².